The monoisotopic (exact) mass is 748 g/mol. The van der Waals surface area contributed by atoms with E-state index in [1.165, 1.54) is 14.0 Å². The minimum atomic E-state index is -1.97. The predicted molar refractivity (Wildman–Crippen MR) is 190 cm³/mol. The average molecular weight is 749 g/mol. The van der Waals surface area contributed by atoms with E-state index in [4.69, 9.17) is 28.4 Å². The minimum Gasteiger partial charge on any atom is -0.459 e. The van der Waals surface area contributed by atoms with Gasteiger partial charge in [-0.3, -0.25) is 4.79 Å². The third-order valence-corrected chi connectivity index (χ3v) is 12.0. The Morgan fingerprint density at radius 1 is 0.923 bits per heavy atom. The summed E-state index contributed by atoms with van der Waals surface area (Å²) in [6, 6.07) is -0.322. The van der Waals surface area contributed by atoms with Gasteiger partial charge in [0.25, 0.3) is 0 Å². The van der Waals surface area contributed by atoms with Gasteiger partial charge in [-0.25, -0.2) is 0 Å². The lowest BCUT2D eigenvalue weighted by Gasteiger charge is -2.49. The predicted octanol–water partition coefficient (Wildman–Crippen LogP) is 2.05. The van der Waals surface area contributed by atoms with Crippen molar-refractivity contribution in [3.8, 4) is 0 Å². The molecule has 0 spiro atoms. The number of likely N-dealkylation sites (N-methyl/N-ethyl adjacent to an activating group) is 1. The second kappa shape index (κ2) is 17.5. The van der Waals surface area contributed by atoms with E-state index in [1.54, 1.807) is 55.4 Å². The van der Waals surface area contributed by atoms with Gasteiger partial charge in [-0.2, -0.15) is 0 Å². The van der Waals surface area contributed by atoms with Gasteiger partial charge in [0.1, 0.15) is 23.9 Å². The molecule has 15 nitrogen and oxygen atoms in total. The van der Waals surface area contributed by atoms with Gasteiger partial charge in [0.05, 0.1) is 53.4 Å². The number of aliphatic hydroxyl groups excluding tert-OH is 3. The van der Waals surface area contributed by atoms with Gasteiger partial charge < -0.3 is 64.1 Å². The van der Waals surface area contributed by atoms with E-state index in [-0.39, 0.29) is 37.1 Å². The Morgan fingerprint density at radius 3 is 2.08 bits per heavy atom. The highest BCUT2D eigenvalue weighted by molar-refractivity contribution is 5.88. The van der Waals surface area contributed by atoms with E-state index in [9.17, 15) is 35.5 Å². The zero-order valence-electron chi connectivity index (χ0n) is 33.4. The van der Waals surface area contributed by atoms with Gasteiger partial charge in [0.15, 0.2) is 12.6 Å². The van der Waals surface area contributed by atoms with Crippen LogP contribution in [-0.4, -0.2) is 153 Å². The van der Waals surface area contributed by atoms with Gasteiger partial charge >= 0.3 is 5.97 Å². The minimum absolute atomic E-state index is 0.0657. The van der Waals surface area contributed by atoms with Gasteiger partial charge in [0, 0.05) is 37.3 Å². The largest absolute Gasteiger partial charge is 0.459 e. The van der Waals surface area contributed by atoms with Crippen molar-refractivity contribution in [2.75, 3.05) is 21.2 Å². The number of aliphatic hydroxyl groups is 5. The highest BCUT2D eigenvalue weighted by atomic mass is 16.7. The molecule has 0 aromatic carbocycles. The zero-order chi connectivity index (χ0) is 39.7. The maximum Gasteiger partial charge on any atom is 0.311 e. The summed E-state index contributed by atoms with van der Waals surface area (Å²) in [5.74, 6) is -4.24. The summed E-state index contributed by atoms with van der Waals surface area (Å²) < 4.78 is 37.2. The van der Waals surface area contributed by atoms with E-state index < -0.39 is 102 Å². The van der Waals surface area contributed by atoms with E-state index in [0.717, 1.165) is 0 Å². The molecule has 0 amide bonds. The summed E-state index contributed by atoms with van der Waals surface area (Å²) in [6.07, 6.45) is -9.51. The number of carbonyl (C=O) groups excluding carboxylic acids is 1. The zero-order valence-corrected chi connectivity index (χ0v) is 33.4. The topological polar surface area (TPSA) is 209 Å². The maximum absolute atomic E-state index is 14.1. The van der Waals surface area contributed by atoms with Crippen LogP contribution in [-0.2, 0) is 33.2 Å². The number of carbonyl (C=O) groups is 1. The molecule has 304 valence electrons. The molecule has 3 aliphatic heterocycles. The SMILES string of the molecule is CCC1OC(=O)[C@H](C)[C@@H](O[C@H]2C[C@@](C)(OC)[C@@H](O)[C@H](C)O2)[C@H](C)[C@@H](O[C@@H]2O[C@H](C)C[C@H](N(C)C)[C@H]2O)[C@](C)(O)C[C@@H](C)C(=NO)[C@H](C)[C@@H](O)[C@]1(C)O. The molecule has 6 N–H and O–H groups in total. The van der Waals surface area contributed by atoms with Crippen LogP contribution in [0.5, 0.6) is 0 Å². The Morgan fingerprint density at radius 2 is 1.54 bits per heavy atom. The van der Waals surface area contributed by atoms with Crippen molar-refractivity contribution in [3.05, 3.63) is 0 Å². The molecule has 1 unspecified atom stereocenters. The summed E-state index contributed by atoms with van der Waals surface area (Å²) in [6.45, 7) is 16.6. The first kappa shape index (κ1) is 44.9. The number of oxime groups is 1. The molecular weight excluding hydrogens is 680 g/mol. The normalized spacial score (nSPS) is 49.8. The maximum atomic E-state index is 14.1. The third kappa shape index (κ3) is 9.47. The van der Waals surface area contributed by atoms with Crippen molar-refractivity contribution >= 4 is 11.7 Å². The van der Waals surface area contributed by atoms with Crippen molar-refractivity contribution in [2.24, 2.45) is 28.8 Å². The smallest absolute Gasteiger partial charge is 0.311 e. The van der Waals surface area contributed by atoms with Gasteiger partial charge in [-0.05, 0) is 74.9 Å². The Labute approximate surface area is 309 Å². The molecule has 0 aliphatic carbocycles. The summed E-state index contributed by atoms with van der Waals surface area (Å²) in [5.41, 5.74) is -4.68. The van der Waals surface area contributed by atoms with Crippen molar-refractivity contribution in [3.63, 3.8) is 0 Å². The number of ether oxygens (including phenoxy) is 6. The summed E-state index contributed by atoms with van der Waals surface area (Å²) in [4.78, 5) is 16.0. The van der Waals surface area contributed by atoms with Crippen LogP contribution >= 0.6 is 0 Å². The van der Waals surface area contributed by atoms with E-state index >= 15 is 0 Å². The first-order valence-corrected chi connectivity index (χ1v) is 18.7. The average Bonchev–Trinajstić information content (AvgIpc) is 3.06. The van der Waals surface area contributed by atoms with E-state index in [2.05, 4.69) is 5.16 Å². The molecule has 3 aliphatic rings. The van der Waals surface area contributed by atoms with Crippen molar-refractivity contribution in [2.45, 2.75) is 179 Å². The molecule has 3 fully saturated rings. The Hall–Kier alpha value is -1.50. The van der Waals surface area contributed by atoms with Crippen LogP contribution < -0.4 is 0 Å². The molecule has 15 heteroatoms. The lowest BCUT2D eigenvalue weighted by molar-refractivity contribution is -0.317. The number of hydrogen-bond donors (Lipinski definition) is 6. The van der Waals surface area contributed by atoms with Gasteiger partial charge in [0.2, 0.25) is 0 Å². The second-order valence-electron chi connectivity index (χ2n) is 16.6. The van der Waals surface area contributed by atoms with Crippen LogP contribution in [0.4, 0.5) is 0 Å². The van der Waals surface area contributed by atoms with Crippen LogP contribution in [0.1, 0.15) is 94.9 Å². The molecule has 0 aromatic heterocycles. The second-order valence-corrected chi connectivity index (χ2v) is 16.6. The van der Waals surface area contributed by atoms with E-state index in [1.807, 2.05) is 25.9 Å². The van der Waals surface area contributed by atoms with Crippen molar-refractivity contribution < 1.29 is 64.0 Å². The lowest BCUT2D eigenvalue weighted by atomic mass is 9.73. The number of hydrogen-bond acceptors (Lipinski definition) is 15. The molecule has 18 atom stereocenters. The number of rotatable bonds is 7. The van der Waals surface area contributed by atoms with Crippen molar-refractivity contribution in [1.82, 2.24) is 4.90 Å². The van der Waals surface area contributed by atoms with Crippen LogP contribution in [0, 0.1) is 23.7 Å². The Kier molecular flexibility index (Phi) is 15.1. The highest BCUT2D eigenvalue weighted by Gasteiger charge is 2.53. The van der Waals surface area contributed by atoms with Crippen molar-refractivity contribution in [1.29, 1.82) is 0 Å². The van der Waals surface area contributed by atoms with Crippen LogP contribution in [0.2, 0.25) is 0 Å². The first-order chi connectivity index (χ1) is 24.0. The number of methoxy groups -OCH3 is 1. The molecule has 3 rings (SSSR count). The van der Waals surface area contributed by atoms with Gasteiger partial charge in [-0.15, -0.1) is 0 Å². The van der Waals surface area contributed by atoms with E-state index in [0.29, 0.717) is 6.42 Å². The number of cyclic esters (lactones) is 1. The molecule has 0 saturated carbocycles. The summed E-state index contributed by atoms with van der Waals surface area (Å²) in [5, 5.41) is 71.8. The third-order valence-electron chi connectivity index (χ3n) is 12.0. The van der Waals surface area contributed by atoms with Crippen LogP contribution in [0.15, 0.2) is 5.16 Å². The van der Waals surface area contributed by atoms with Crippen LogP contribution in [0.25, 0.3) is 0 Å². The fourth-order valence-electron chi connectivity index (χ4n) is 8.61. The number of esters is 1. The standard InChI is InChI=1S/C37H68N2O13/c1-14-25-37(10,45)30(41)20(4)27(38-46)18(2)16-35(8,44)32(52-34-28(40)24(39(11)12)15-19(3)48-34)21(5)29(22(6)33(43)50-25)51-26-17-36(9,47-13)31(42)23(7)49-26/h18-26,28-32,34,40-42,44-46H,14-17H2,1-13H3/t18-,19-,20+,21+,22-,23+,24+,25?,26+,28-,29+,30-,31+,32-,34+,35-,36-,37-/m1/s1. The molecule has 52 heavy (non-hydrogen) atoms. The fraction of sp³-hybridized carbons (Fsp3) is 0.946. The lowest BCUT2D eigenvalue weighted by Crippen LogP contribution is -2.61. The summed E-state index contributed by atoms with van der Waals surface area (Å²) >= 11 is 0. The molecule has 0 radical (unpaired) electrons. The number of nitrogens with zero attached hydrogens (tertiary/aromatic N) is 2. The first-order valence-electron chi connectivity index (χ1n) is 18.7. The molecule has 3 saturated heterocycles. The summed E-state index contributed by atoms with van der Waals surface area (Å²) in [7, 11) is 5.19. The van der Waals surface area contributed by atoms with Gasteiger partial charge in [-0.1, -0.05) is 32.9 Å². The Balaban J connectivity index is 2.21. The molecule has 0 bridgehead atoms. The molecule has 3 heterocycles. The highest BCUT2D eigenvalue weighted by Crippen LogP contribution is 2.41. The molecular formula is C37H68N2O13. The quantitative estimate of drug-likeness (QED) is 0.125. The molecule has 0 aromatic rings. The van der Waals surface area contributed by atoms with Crippen LogP contribution in [0.3, 0.4) is 0 Å². The Bertz CT molecular complexity index is 1200. The fourth-order valence-corrected chi connectivity index (χ4v) is 8.61.